The number of alkyl halides is 2. The molecule has 158 valence electrons. The van der Waals surface area contributed by atoms with Crippen LogP contribution in [0.3, 0.4) is 0 Å². The summed E-state index contributed by atoms with van der Waals surface area (Å²) in [6, 6.07) is 12.8. The molecule has 6 rings (SSSR count). The molecule has 1 aromatic carbocycles. The van der Waals surface area contributed by atoms with Crippen LogP contribution in [0, 0.1) is 6.92 Å². The molecule has 10 heteroatoms. The summed E-state index contributed by atoms with van der Waals surface area (Å²) in [6.45, 7) is 1.91. The predicted molar refractivity (Wildman–Crippen MR) is 119 cm³/mol. The van der Waals surface area contributed by atoms with Crippen LogP contribution in [-0.2, 0) is 7.05 Å². The molecule has 5 aromatic heterocycles. The lowest BCUT2D eigenvalue weighted by Crippen LogP contribution is -1.95. The Hall–Kier alpha value is -3.79. The van der Waals surface area contributed by atoms with Crippen molar-refractivity contribution in [3.05, 3.63) is 60.2 Å². The van der Waals surface area contributed by atoms with Crippen LogP contribution in [0.5, 0.6) is 0 Å². The van der Waals surface area contributed by atoms with Crippen molar-refractivity contribution in [2.24, 2.45) is 7.05 Å². The molecule has 6 aromatic rings. The molecule has 0 fully saturated rings. The third-order valence-electron chi connectivity index (χ3n) is 5.33. The van der Waals surface area contributed by atoms with Crippen LogP contribution in [-0.4, -0.2) is 34.3 Å². The second kappa shape index (κ2) is 6.86. The Labute approximate surface area is 184 Å². The van der Waals surface area contributed by atoms with Crippen LogP contribution in [0.4, 0.5) is 8.78 Å². The zero-order valence-corrected chi connectivity index (χ0v) is 17.8. The number of halogens is 2. The first kappa shape index (κ1) is 18.9. The summed E-state index contributed by atoms with van der Waals surface area (Å²) in [5, 5.41) is 9.65. The molecule has 0 radical (unpaired) electrons. The molecule has 0 saturated carbocycles. The highest BCUT2D eigenvalue weighted by Gasteiger charge is 2.22. The van der Waals surface area contributed by atoms with Gasteiger partial charge in [-0.3, -0.25) is 4.68 Å². The predicted octanol–water partition coefficient (Wildman–Crippen LogP) is 5.20. The number of thiophene rings is 1. The van der Waals surface area contributed by atoms with E-state index in [4.69, 9.17) is 4.98 Å². The van der Waals surface area contributed by atoms with Crippen molar-refractivity contribution in [3.63, 3.8) is 0 Å². The minimum atomic E-state index is -2.67. The minimum absolute atomic E-state index is 0.258. The van der Waals surface area contributed by atoms with Gasteiger partial charge in [-0.2, -0.15) is 5.10 Å². The van der Waals surface area contributed by atoms with E-state index in [1.165, 1.54) is 17.4 Å². The van der Waals surface area contributed by atoms with E-state index in [-0.39, 0.29) is 5.69 Å². The summed E-state index contributed by atoms with van der Waals surface area (Å²) in [6.07, 6.45) is -1.08. The molecule has 0 bridgehead atoms. The van der Waals surface area contributed by atoms with Gasteiger partial charge in [-0.1, -0.05) is 30.3 Å². The summed E-state index contributed by atoms with van der Waals surface area (Å²) < 4.78 is 31.3. The van der Waals surface area contributed by atoms with E-state index in [0.29, 0.717) is 27.4 Å². The van der Waals surface area contributed by atoms with Crippen molar-refractivity contribution in [2.45, 2.75) is 13.3 Å². The van der Waals surface area contributed by atoms with E-state index in [1.807, 2.05) is 50.4 Å². The molecule has 0 unspecified atom stereocenters. The van der Waals surface area contributed by atoms with E-state index in [0.717, 1.165) is 27.0 Å². The summed E-state index contributed by atoms with van der Waals surface area (Å²) in [5.74, 6) is 0.518. The first-order chi connectivity index (χ1) is 15.5. The molecule has 0 saturated heterocycles. The van der Waals surface area contributed by atoms with E-state index in [9.17, 15) is 8.78 Å². The highest BCUT2D eigenvalue weighted by molar-refractivity contribution is 7.26. The van der Waals surface area contributed by atoms with E-state index in [1.54, 1.807) is 15.5 Å². The van der Waals surface area contributed by atoms with Gasteiger partial charge in [0, 0.05) is 12.4 Å². The number of aromatic nitrogens is 7. The maximum absolute atomic E-state index is 13.6. The van der Waals surface area contributed by atoms with Gasteiger partial charge < -0.3 is 0 Å². The highest BCUT2D eigenvalue weighted by atomic mass is 32.1. The van der Waals surface area contributed by atoms with Gasteiger partial charge in [-0.25, -0.2) is 28.2 Å². The third kappa shape index (κ3) is 2.79. The van der Waals surface area contributed by atoms with Crippen LogP contribution in [0.25, 0.3) is 48.7 Å². The highest BCUT2D eigenvalue weighted by Crippen LogP contribution is 2.41. The molecular weight excluding hydrogens is 432 g/mol. The maximum Gasteiger partial charge on any atom is 0.280 e. The molecule has 7 nitrogen and oxygen atoms in total. The van der Waals surface area contributed by atoms with Gasteiger partial charge in [0.25, 0.3) is 6.43 Å². The lowest BCUT2D eigenvalue weighted by atomic mass is 10.0. The Balaban J connectivity index is 1.68. The van der Waals surface area contributed by atoms with Crippen LogP contribution in [0.1, 0.15) is 17.8 Å². The minimum Gasteiger partial charge on any atom is -0.264 e. The quantitative estimate of drug-likeness (QED) is 0.373. The maximum atomic E-state index is 13.6. The molecule has 0 aliphatic heterocycles. The second-order valence-electron chi connectivity index (χ2n) is 7.46. The fourth-order valence-corrected chi connectivity index (χ4v) is 5.07. The molecule has 0 amide bonds. The summed E-state index contributed by atoms with van der Waals surface area (Å²) in [7, 11) is 1.84. The molecule has 5 heterocycles. The van der Waals surface area contributed by atoms with Gasteiger partial charge in [0.15, 0.2) is 5.65 Å². The van der Waals surface area contributed by atoms with Crippen molar-refractivity contribution in [1.29, 1.82) is 0 Å². The van der Waals surface area contributed by atoms with Crippen LogP contribution >= 0.6 is 11.3 Å². The van der Waals surface area contributed by atoms with Gasteiger partial charge in [0.2, 0.25) is 5.82 Å². The lowest BCUT2D eigenvalue weighted by Gasteiger charge is -2.07. The van der Waals surface area contributed by atoms with E-state index >= 15 is 0 Å². The number of hydrogen-bond donors (Lipinski definition) is 0. The Morgan fingerprint density at radius 1 is 1.03 bits per heavy atom. The number of nitrogens with zero attached hydrogens (tertiary/aromatic N) is 7. The van der Waals surface area contributed by atoms with Gasteiger partial charge in [-0.15, -0.1) is 16.4 Å². The van der Waals surface area contributed by atoms with Crippen molar-refractivity contribution in [2.75, 3.05) is 0 Å². The van der Waals surface area contributed by atoms with Crippen LogP contribution < -0.4 is 0 Å². The molecular formula is C22H15F2N7S. The normalized spacial score (nSPS) is 12.0. The van der Waals surface area contributed by atoms with E-state index < -0.39 is 6.43 Å². The van der Waals surface area contributed by atoms with Gasteiger partial charge >= 0.3 is 0 Å². The zero-order valence-electron chi connectivity index (χ0n) is 17.0. The summed E-state index contributed by atoms with van der Waals surface area (Å²) >= 11 is 1.30. The number of pyridine rings is 1. The Bertz CT molecular complexity index is 1630. The Morgan fingerprint density at radius 3 is 2.56 bits per heavy atom. The lowest BCUT2D eigenvalue weighted by molar-refractivity contribution is 0.146. The number of rotatable bonds is 3. The Morgan fingerprint density at radius 2 is 1.84 bits per heavy atom. The number of fused-ring (bicyclic) bond motifs is 5. The van der Waals surface area contributed by atoms with Crippen molar-refractivity contribution < 1.29 is 8.78 Å². The molecule has 32 heavy (non-hydrogen) atoms. The number of benzene rings is 1. The van der Waals surface area contributed by atoms with Crippen LogP contribution in [0.2, 0.25) is 0 Å². The Kier molecular flexibility index (Phi) is 4.06. The SMILES string of the molecule is Cc1cc(-c2nc3c4sc5nc(C(F)F)cc(-c6ccccc6)c5c4ncn3n2)n(C)n1. The van der Waals surface area contributed by atoms with Crippen molar-refractivity contribution in [3.8, 4) is 22.6 Å². The fraction of sp³-hybridized carbons (Fsp3) is 0.136. The third-order valence-corrected chi connectivity index (χ3v) is 6.40. The first-order valence-corrected chi connectivity index (χ1v) is 10.6. The molecule has 0 N–H and O–H groups in total. The largest absolute Gasteiger partial charge is 0.280 e. The van der Waals surface area contributed by atoms with Crippen LogP contribution in [0.15, 0.2) is 48.8 Å². The van der Waals surface area contributed by atoms with Crippen molar-refractivity contribution >= 4 is 37.4 Å². The number of aryl methyl sites for hydroxylation is 2. The fourth-order valence-electron chi connectivity index (χ4n) is 3.93. The topological polar surface area (TPSA) is 73.8 Å². The smallest absolute Gasteiger partial charge is 0.264 e. The van der Waals surface area contributed by atoms with Crippen molar-refractivity contribution in [1.82, 2.24) is 34.3 Å². The van der Waals surface area contributed by atoms with E-state index in [2.05, 4.69) is 20.2 Å². The summed E-state index contributed by atoms with van der Waals surface area (Å²) in [4.78, 5) is 14.1. The van der Waals surface area contributed by atoms with Gasteiger partial charge in [0.1, 0.15) is 27.2 Å². The van der Waals surface area contributed by atoms with Gasteiger partial charge in [0.05, 0.1) is 11.2 Å². The zero-order chi connectivity index (χ0) is 22.0. The number of hydrogen-bond acceptors (Lipinski definition) is 6. The average molecular weight is 447 g/mol. The second-order valence-corrected chi connectivity index (χ2v) is 8.46. The molecule has 0 spiro atoms. The molecule has 0 atom stereocenters. The molecule has 0 aliphatic carbocycles. The standard InChI is InChI=1S/C22H15F2N7S/c1-11-8-15(30(2)28-11)20-27-21-18-17(25-10-31(21)29-20)16-13(12-6-4-3-5-7-12)9-14(19(23)24)26-22(16)32-18/h3-10,19H,1-2H3. The monoisotopic (exact) mass is 447 g/mol. The molecule has 0 aliphatic rings. The average Bonchev–Trinajstić information content (AvgIpc) is 3.47. The summed E-state index contributed by atoms with van der Waals surface area (Å²) in [5.41, 5.74) is 4.17. The first-order valence-electron chi connectivity index (χ1n) is 9.82. The van der Waals surface area contributed by atoms with Gasteiger partial charge in [-0.05, 0) is 30.2 Å².